The van der Waals surface area contributed by atoms with Gasteiger partial charge in [0.25, 0.3) is 0 Å². The number of hydrogen-bond donors (Lipinski definition) is 0. The van der Waals surface area contributed by atoms with E-state index in [1.54, 1.807) is 7.11 Å². The van der Waals surface area contributed by atoms with Gasteiger partial charge in [-0.1, -0.05) is 116 Å². The summed E-state index contributed by atoms with van der Waals surface area (Å²) in [5, 5.41) is 13.6. The number of aryl methyl sites for hydroxylation is 2. The standard InChI is InChI=1S/C62H50N4O2/c1-6-44-14-24-50(25-15-44)66(53-30-34-55(67-5)35-31-53)52-28-18-45(19-29-52)10-12-47-21-39-58-59(40-47)61(42-63)57-38-20-48(41-60(57)62(58)64-4)13-11-46-16-26-51(27-17-46)65(49-22-8-43(3)9-23-49)54-32-36-56(37-33-54)68-7-2/h8-41H,6-7H2,1-3,5H3/b12-10-,13-11-. The average Bonchev–Trinajstić information content (AvgIpc) is 3.39. The fraction of sp³-hybridized carbons (Fsp3) is 0.0968. The second kappa shape index (κ2) is 20.1. The van der Waals surface area contributed by atoms with E-state index in [9.17, 15) is 5.26 Å². The molecule has 0 aromatic heterocycles. The van der Waals surface area contributed by atoms with Crippen LogP contribution in [0.15, 0.2) is 182 Å². The number of nitriles is 1. The van der Waals surface area contributed by atoms with E-state index >= 15 is 0 Å². The van der Waals surface area contributed by atoms with E-state index in [4.69, 9.17) is 16.0 Å². The van der Waals surface area contributed by atoms with Gasteiger partial charge in [0.05, 0.1) is 25.9 Å². The van der Waals surface area contributed by atoms with Gasteiger partial charge in [-0.2, -0.15) is 5.26 Å². The van der Waals surface area contributed by atoms with Crippen LogP contribution in [0.2, 0.25) is 0 Å². The van der Waals surface area contributed by atoms with Crippen LogP contribution in [0.5, 0.6) is 11.5 Å². The van der Waals surface area contributed by atoms with E-state index in [1.807, 2.05) is 67.6 Å². The quantitative estimate of drug-likeness (QED) is 0.0619. The maximum absolute atomic E-state index is 10.6. The van der Waals surface area contributed by atoms with E-state index in [1.165, 1.54) is 11.1 Å². The normalized spacial score (nSPS) is 11.2. The van der Waals surface area contributed by atoms with Gasteiger partial charge in [0.1, 0.15) is 17.6 Å². The molecule has 0 fully saturated rings. The summed E-state index contributed by atoms with van der Waals surface area (Å²) in [5.41, 5.74) is 13.8. The lowest BCUT2D eigenvalue weighted by atomic mass is 9.93. The van der Waals surface area contributed by atoms with Crippen molar-refractivity contribution in [1.29, 1.82) is 5.26 Å². The van der Waals surface area contributed by atoms with Crippen molar-refractivity contribution in [2.45, 2.75) is 27.2 Å². The number of nitrogens with zero attached hydrogens (tertiary/aromatic N) is 4. The molecule has 9 rings (SSSR count). The van der Waals surface area contributed by atoms with E-state index in [0.717, 1.165) is 95.8 Å². The highest BCUT2D eigenvalue weighted by Gasteiger charge is 2.17. The molecule has 0 aliphatic rings. The Morgan fingerprint density at radius 1 is 0.500 bits per heavy atom. The smallest absolute Gasteiger partial charge is 0.202 e. The molecule has 0 radical (unpaired) electrons. The summed E-state index contributed by atoms with van der Waals surface area (Å²) in [6.45, 7) is 15.2. The minimum Gasteiger partial charge on any atom is -0.497 e. The first kappa shape index (κ1) is 44.4. The molecule has 68 heavy (non-hydrogen) atoms. The van der Waals surface area contributed by atoms with Crippen molar-refractivity contribution >= 4 is 85.7 Å². The molecule has 0 N–H and O–H groups in total. The van der Waals surface area contributed by atoms with Gasteiger partial charge in [-0.15, -0.1) is 0 Å². The molecular weight excluding hydrogens is 833 g/mol. The van der Waals surface area contributed by atoms with Crippen molar-refractivity contribution in [2.75, 3.05) is 23.5 Å². The molecule has 0 saturated carbocycles. The summed E-state index contributed by atoms with van der Waals surface area (Å²) in [5.74, 6) is 1.65. The molecule has 0 atom stereocenters. The van der Waals surface area contributed by atoms with E-state index in [2.05, 4.69) is 180 Å². The molecule has 0 bridgehead atoms. The summed E-state index contributed by atoms with van der Waals surface area (Å²) in [4.78, 5) is 8.51. The molecule has 330 valence electrons. The molecule has 6 heteroatoms. The lowest BCUT2D eigenvalue weighted by Gasteiger charge is -2.26. The lowest BCUT2D eigenvalue weighted by Crippen LogP contribution is -2.09. The van der Waals surface area contributed by atoms with Crippen molar-refractivity contribution < 1.29 is 9.47 Å². The molecule has 9 aromatic carbocycles. The van der Waals surface area contributed by atoms with Gasteiger partial charge < -0.3 is 19.3 Å². The number of rotatable bonds is 14. The van der Waals surface area contributed by atoms with Crippen LogP contribution >= 0.6 is 0 Å². The zero-order chi connectivity index (χ0) is 47.0. The van der Waals surface area contributed by atoms with Crippen LogP contribution in [0.25, 0.3) is 50.7 Å². The minimum absolute atomic E-state index is 0.538. The van der Waals surface area contributed by atoms with E-state index in [0.29, 0.717) is 17.9 Å². The predicted molar refractivity (Wildman–Crippen MR) is 284 cm³/mol. The third kappa shape index (κ3) is 9.44. The summed E-state index contributed by atoms with van der Waals surface area (Å²) in [6, 6.07) is 65.0. The number of benzene rings is 9. The van der Waals surface area contributed by atoms with Gasteiger partial charge in [-0.05, 0) is 173 Å². The molecular formula is C62H50N4O2. The van der Waals surface area contributed by atoms with Gasteiger partial charge in [-0.25, -0.2) is 4.85 Å². The maximum Gasteiger partial charge on any atom is 0.202 e. The van der Waals surface area contributed by atoms with Gasteiger partial charge >= 0.3 is 0 Å². The SMILES string of the molecule is [C-]#[N+]c1c2ccc(/C=C\c3ccc(N(c4ccc(CC)cc4)c4ccc(OC)cc4)cc3)cc2c(C#N)c2ccc(/C=C\c3ccc(N(c4ccc(C)cc4)c4ccc(OCC)cc4)cc3)cc12. The summed E-state index contributed by atoms with van der Waals surface area (Å²) in [7, 11) is 1.68. The Labute approximate surface area is 399 Å². The molecule has 6 nitrogen and oxygen atoms in total. The first-order valence-electron chi connectivity index (χ1n) is 22.9. The van der Waals surface area contributed by atoms with Crippen LogP contribution in [-0.4, -0.2) is 13.7 Å². The van der Waals surface area contributed by atoms with Crippen LogP contribution < -0.4 is 19.3 Å². The second-order valence-electron chi connectivity index (χ2n) is 16.6. The third-order valence-corrected chi connectivity index (χ3v) is 12.2. The Hall–Kier alpha value is -8.84. The van der Waals surface area contributed by atoms with Gasteiger partial charge in [-0.3, -0.25) is 0 Å². The van der Waals surface area contributed by atoms with Crippen LogP contribution in [0, 0.1) is 24.8 Å². The van der Waals surface area contributed by atoms with Crippen molar-refractivity contribution in [3.05, 3.63) is 232 Å². The molecule has 0 amide bonds. The third-order valence-electron chi connectivity index (χ3n) is 12.2. The first-order chi connectivity index (χ1) is 33.4. The fourth-order valence-corrected chi connectivity index (χ4v) is 8.60. The van der Waals surface area contributed by atoms with Crippen molar-refractivity contribution in [3.63, 3.8) is 0 Å². The largest absolute Gasteiger partial charge is 0.497 e. The topological polar surface area (TPSA) is 53.1 Å². The number of ether oxygens (including phenoxy) is 2. The molecule has 0 heterocycles. The number of methoxy groups -OCH3 is 1. The minimum atomic E-state index is 0.538. The van der Waals surface area contributed by atoms with Crippen LogP contribution in [-0.2, 0) is 6.42 Å². The average molecular weight is 883 g/mol. The van der Waals surface area contributed by atoms with E-state index in [-0.39, 0.29) is 0 Å². The lowest BCUT2D eigenvalue weighted by molar-refractivity contribution is 0.340. The van der Waals surface area contributed by atoms with Gasteiger partial charge in [0.2, 0.25) is 5.69 Å². The van der Waals surface area contributed by atoms with Crippen LogP contribution in [0.3, 0.4) is 0 Å². The number of anilines is 6. The number of fused-ring (bicyclic) bond motifs is 2. The Kier molecular flexibility index (Phi) is 13.1. The van der Waals surface area contributed by atoms with Crippen LogP contribution in [0.4, 0.5) is 39.8 Å². The molecule has 0 aliphatic heterocycles. The Balaban J connectivity index is 0.962. The fourth-order valence-electron chi connectivity index (χ4n) is 8.60. The molecule has 0 saturated heterocycles. The first-order valence-corrected chi connectivity index (χ1v) is 22.9. The van der Waals surface area contributed by atoms with Gasteiger partial charge in [0, 0.05) is 34.1 Å². The van der Waals surface area contributed by atoms with Gasteiger partial charge in [0.15, 0.2) is 0 Å². The predicted octanol–water partition coefficient (Wildman–Crippen LogP) is 17.0. The summed E-state index contributed by atoms with van der Waals surface area (Å²) in [6.07, 6.45) is 9.26. The Morgan fingerprint density at radius 3 is 1.37 bits per heavy atom. The van der Waals surface area contributed by atoms with Crippen molar-refractivity contribution in [2.24, 2.45) is 0 Å². The summed E-state index contributed by atoms with van der Waals surface area (Å²) >= 11 is 0. The second-order valence-corrected chi connectivity index (χ2v) is 16.6. The molecule has 9 aromatic rings. The zero-order valence-electron chi connectivity index (χ0n) is 38.6. The zero-order valence-corrected chi connectivity index (χ0v) is 38.6. The summed E-state index contributed by atoms with van der Waals surface area (Å²) < 4.78 is 11.1. The van der Waals surface area contributed by atoms with Crippen molar-refractivity contribution in [1.82, 2.24) is 0 Å². The van der Waals surface area contributed by atoms with Crippen LogP contribution in [0.1, 0.15) is 52.8 Å². The molecule has 0 unspecified atom stereocenters. The Bertz CT molecular complexity index is 3310. The maximum atomic E-state index is 10.6. The number of hydrogen-bond acceptors (Lipinski definition) is 5. The Morgan fingerprint density at radius 2 is 0.912 bits per heavy atom. The highest BCUT2D eigenvalue weighted by Crippen LogP contribution is 2.41. The van der Waals surface area contributed by atoms with E-state index < -0.39 is 0 Å². The molecule has 0 aliphatic carbocycles. The highest BCUT2D eigenvalue weighted by atomic mass is 16.5. The highest BCUT2D eigenvalue weighted by molar-refractivity contribution is 6.16. The molecule has 0 spiro atoms. The monoisotopic (exact) mass is 882 g/mol. The van der Waals surface area contributed by atoms with Crippen molar-refractivity contribution in [3.8, 4) is 17.6 Å².